The Morgan fingerprint density at radius 2 is 2.22 bits per heavy atom. The molecule has 134 valence electrons. The van der Waals surface area contributed by atoms with Crippen molar-refractivity contribution in [2.75, 3.05) is 6.54 Å². The van der Waals surface area contributed by atoms with E-state index in [9.17, 15) is 4.79 Å². The van der Waals surface area contributed by atoms with Crippen LogP contribution in [-0.2, 0) is 12.8 Å². The van der Waals surface area contributed by atoms with Gasteiger partial charge in [-0.1, -0.05) is 18.2 Å². The van der Waals surface area contributed by atoms with E-state index in [1.54, 1.807) is 6.33 Å². The molecule has 1 saturated heterocycles. The van der Waals surface area contributed by atoms with E-state index in [-0.39, 0.29) is 11.9 Å². The second-order valence-corrected chi connectivity index (χ2v) is 7.52. The minimum atomic E-state index is 0.103. The fourth-order valence-electron chi connectivity index (χ4n) is 4.76. The number of rotatable bonds is 2. The number of benzene rings is 2. The Bertz CT molecular complexity index is 1080. The first-order valence-electron chi connectivity index (χ1n) is 9.47. The number of fused-ring (bicyclic) bond motifs is 4. The van der Waals surface area contributed by atoms with E-state index in [2.05, 4.69) is 39.1 Å². The van der Waals surface area contributed by atoms with Gasteiger partial charge >= 0.3 is 0 Å². The van der Waals surface area contributed by atoms with Crippen LogP contribution in [0.15, 0.2) is 42.7 Å². The number of likely N-dealkylation sites (tertiary alicyclic amines) is 1. The molecule has 1 aliphatic heterocycles. The van der Waals surface area contributed by atoms with Crippen LogP contribution < -0.4 is 0 Å². The van der Waals surface area contributed by atoms with Crippen LogP contribution in [-0.4, -0.2) is 33.4 Å². The van der Waals surface area contributed by atoms with E-state index in [0.717, 1.165) is 42.4 Å². The number of H-pyrrole nitrogens is 1. The number of aromatic nitrogens is 2. The molecule has 0 unspecified atom stereocenters. The standard InChI is InChI=1S/C22H20N4O/c23-8-7-14-3-4-15-12-21-17(18(15)10-14)2-1-9-26(21)22(27)16-5-6-19-20(11-16)25-13-24-19/h3-6,10-11,13,17,21H,1-2,7,9,12H2,(H,24,25)/t17-,21+/m1/s1. The first-order chi connectivity index (χ1) is 13.2. The summed E-state index contributed by atoms with van der Waals surface area (Å²) in [6, 6.07) is 14.5. The lowest BCUT2D eigenvalue weighted by atomic mass is 9.87. The van der Waals surface area contributed by atoms with Crippen molar-refractivity contribution in [1.82, 2.24) is 14.9 Å². The number of nitrogens with one attached hydrogen (secondary N) is 1. The smallest absolute Gasteiger partial charge is 0.254 e. The average molecular weight is 356 g/mol. The molecular formula is C22H20N4O. The molecule has 2 aliphatic rings. The van der Waals surface area contributed by atoms with Gasteiger partial charge < -0.3 is 9.88 Å². The van der Waals surface area contributed by atoms with Crippen molar-refractivity contribution in [3.63, 3.8) is 0 Å². The van der Waals surface area contributed by atoms with Crippen LogP contribution >= 0.6 is 0 Å². The highest BCUT2D eigenvalue weighted by Crippen LogP contribution is 2.43. The molecule has 1 aliphatic carbocycles. The van der Waals surface area contributed by atoms with Crippen LogP contribution in [0.2, 0.25) is 0 Å². The third kappa shape index (κ3) is 2.60. The molecule has 5 heteroatoms. The molecular weight excluding hydrogens is 336 g/mol. The fourth-order valence-corrected chi connectivity index (χ4v) is 4.76. The van der Waals surface area contributed by atoms with Gasteiger partial charge in [0.05, 0.1) is 29.9 Å². The average Bonchev–Trinajstić information content (AvgIpc) is 3.31. The van der Waals surface area contributed by atoms with Gasteiger partial charge in [-0.3, -0.25) is 4.79 Å². The highest BCUT2D eigenvalue weighted by atomic mass is 16.2. The molecule has 1 aromatic heterocycles. The molecule has 2 atom stereocenters. The molecule has 0 saturated carbocycles. The van der Waals surface area contributed by atoms with Crippen LogP contribution in [0.3, 0.4) is 0 Å². The van der Waals surface area contributed by atoms with Gasteiger partial charge in [-0.05, 0) is 54.2 Å². The second-order valence-electron chi connectivity index (χ2n) is 7.52. The summed E-state index contributed by atoms with van der Waals surface area (Å²) < 4.78 is 0. The number of piperidine rings is 1. The van der Waals surface area contributed by atoms with E-state index in [0.29, 0.717) is 17.9 Å². The quantitative estimate of drug-likeness (QED) is 0.763. The highest BCUT2D eigenvalue weighted by molar-refractivity contribution is 5.97. The van der Waals surface area contributed by atoms with Gasteiger partial charge in [-0.2, -0.15) is 5.26 Å². The molecule has 5 rings (SSSR count). The van der Waals surface area contributed by atoms with Crippen molar-refractivity contribution in [3.05, 3.63) is 65.0 Å². The Labute approximate surface area is 157 Å². The van der Waals surface area contributed by atoms with Crippen LogP contribution in [0.4, 0.5) is 0 Å². The zero-order chi connectivity index (χ0) is 18.4. The minimum Gasteiger partial charge on any atom is -0.345 e. The third-order valence-electron chi connectivity index (χ3n) is 6.03. The molecule has 2 heterocycles. The summed E-state index contributed by atoms with van der Waals surface area (Å²) in [5, 5.41) is 8.99. The normalized spacial score (nSPS) is 20.9. The number of amides is 1. The van der Waals surface area contributed by atoms with Crippen LogP contribution in [0.25, 0.3) is 11.0 Å². The molecule has 2 aromatic carbocycles. The Kier molecular flexibility index (Phi) is 3.71. The third-order valence-corrected chi connectivity index (χ3v) is 6.03. The highest BCUT2D eigenvalue weighted by Gasteiger charge is 2.40. The molecule has 3 aromatic rings. The predicted molar refractivity (Wildman–Crippen MR) is 102 cm³/mol. The molecule has 0 radical (unpaired) electrons. The second kappa shape index (κ2) is 6.24. The van der Waals surface area contributed by atoms with Gasteiger partial charge in [0.2, 0.25) is 0 Å². The summed E-state index contributed by atoms with van der Waals surface area (Å²) in [6.07, 6.45) is 5.13. The van der Waals surface area contributed by atoms with E-state index >= 15 is 0 Å². The first kappa shape index (κ1) is 16.1. The van der Waals surface area contributed by atoms with Gasteiger partial charge in [-0.15, -0.1) is 0 Å². The van der Waals surface area contributed by atoms with Gasteiger partial charge in [0.25, 0.3) is 5.91 Å². The van der Waals surface area contributed by atoms with Gasteiger partial charge in [-0.25, -0.2) is 4.98 Å². The summed E-state index contributed by atoms with van der Waals surface area (Å²) in [5.41, 5.74) is 6.23. The molecule has 1 fully saturated rings. The minimum absolute atomic E-state index is 0.103. The molecule has 1 N–H and O–H groups in total. The lowest BCUT2D eigenvalue weighted by Crippen LogP contribution is -2.46. The number of carbonyl (C=O) groups is 1. The van der Waals surface area contributed by atoms with Gasteiger partial charge in [0.15, 0.2) is 0 Å². The topological polar surface area (TPSA) is 72.8 Å². The van der Waals surface area contributed by atoms with Gasteiger partial charge in [0.1, 0.15) is 0 Å². The summed E-state index contributed by atoms with van der Waals surface area (Å²) in [5.74, 6) is 0.485. The Balaban J connectivity index is 1.46. The number of nitrogens with zero attached hydrogens (tertiary/aromatic N) is 3. The maximum atomic E-state index is 13.3. The predicted octanol–water partition coefficient (Wildman–Crippen LogP) is 3.57. The zero-order valence-electron chi connectivity index (χ0n) is 15.0. The number of aromatic amines is 1. The largest absolute Gasteiger partial charge is 0.345 e. The molecule has 1 amide bonds. The van der Waals surface area contributed by atoms with Crippen molar-refractivity contribution in [1.29, 1.82) is 5.26 Å². The lowest BCUT2D eigenvalue weighted by molar-refractivity contribution is 0.0595. The molecule has 0 spiro atoms. The lowest BCUT2D eigenvalue weighted by Gasteiger charge is -2.38. The monoisotopic (exact) mass is 356 g/mol. The van der Waals surface area contributed by atoms with Crippen molar-refractivity contribution >= 4 is 16.9 Å². The maximum Gasteiger partial charge on any atom is 0.254 e. The van der Waals surface area contributed by atoms with E-state index in [1.165, 1.54) is 11.1 Å². The van der Waals surface area contributed by atoms with Crippen molar-refractivity contribution in [2.24, 2.45) is 0 Å². The number of hydrogen-bond acceptors (Lipinski definition) is 3. The number of nitriles is 1. The van der Waals surface area contributed by atoms with Crippen molar-refractivity contribution in [2.45, 2.75) is 37.6 Å². The van der Waals surface area contributed by atoms with E-state index in [1.807, 2.05) is 18.2 Å². The Morgan fingerprint density at radius 3 is 3.11 bits per heavy atom. The van der Waals surface area contributed by atoms with Crippen molar-refractivity contribution in [3.8, 4) is 6.07 Å². The number of imidazole rings is 1. The van der Waals surface area contributed by atoms with Crippen LogP contribution in [0.5, 0.6) is 0 Å². The Morgan fingerprint density at radius 1 is 1.30 bits per heavy atom. The van der Waals surface area contributed by atoms with E-state index < -0.39 is 0 Å². The van der Waals surface area contributed by atoms with Crippen molar-refractivity contribution < 1.29 is 4.79 Å². The summed E-state index contributed by atoms with van der Waals surface area (Å²) in [6.45, 7) is 0.806. The Hall–Kier alpha value is -3.13. The summed E-state index contributed by atoms with van der Waals surface area (Å²) in [4.78, 5) is 22.7. The molecule has 5 nitrogen and oxygen atoms in total. The number of hydrogen-bond donors (Lipinski definition) is 1. The summed E-state index contributed by atoms with van der Waals surface area (Å²) in [7, 11) is 0. The van der Waals surface area contributed by atoms with Crippen LogP contribution in [0, 0.1) is 11.3 Å². The first-order valence-corrected chi connectivity index (χ1v) is 9.47. The number of carbonyl (C=O) groups excluding carboxylic acids is 1. The van der Waals surface area contributed by atoms with Crippen LogP contribution in [0.1, 0.15) is 45.8 Å². The zero-order valence-corrected chi connectivity index (χ0v) is 15.0. The van der Waals surface area contributed by atoms with Gasteiger partial charge in [0, 0.05) is 24.1 Å². The fraction of sp³-hybridized carbons (Fsp3) is 0.318. The summed E-state index contributed by atoms with van der Waals surface area (Å²) >= 11 is 0. The van der Waals surface area contributed by atoms with E-state index in [4.69, 9.17) is 5.26 Å². The molecule has 0 bridgehead atoms. The SMILES string of the molecule is N#CCc1ccc2c(c1)[C@H]1CCCN(C(=O)c3ccc4nc[nH]c4c3)[C@H]1C2. The molecule has 27 heavy (non-hydrogen) atoms. The maximum absolute atomic E-state index is 13.3.